The lowest BCUT2D eigenvalue weighted by Gasteiger charge is -2.17. The Balaban J connectivity index is 1.21. The molecule has 1 aromatic heterocycles. The van der Waals surface area contributed by atoms with Crippen molar-refractivity contribution >= 4 is 57.7 Å². The number of amides is 3. The lowest BCUT2D eigenvalue weighted by atomic mass is 10.1. The predicted octanol–water partition coefficient (Wildman–Crippen LogP) is 9.00. The first-order valence-corrected chi connectivity index (χ1v) is 17.3. The van der Waals surface area contributed by atoms with Gasteiger partial charge in [0.1, 0.15) is 10.9 Å². The maximum absolute atomic E-state index is 13.7. The quantitative estimate of drug-likeness (QED) is 0.0937. The van der Waals surface area contributed by atoms with Crippen molar-refractivity contribution in [3.63, 3.8) is 0 Å². The second-order valence-corrected chi connectivity index (χ2v) is 13.1. The molecule has 1 atom stereocenters. The molecule has 3 amide bonds. The number of aryl methyl sites for hydroxylation is 1. The molecule has 0 fully saturated rings. The Kier molecular flexibility index (Phi) is 10.7. The van der Waals surface area contributed by atoms with Gasteiger partial charge >= 0.3 is 0 Å². The molecule has 9 heteroatoms. The number of nitrogens with zero attached hydrogens (tertiary/aromatic N) is 1. The normalized spacial score (nSPS) is 11.7. The molecule has 1 unspecified atom stereocenters. The van der Waals surface area contributed by atoms with E-state index in [-0.39, 0.29) is 11.6 Å². The molecule has 49 heavy (non-hydrogen) atoms. The molecular formula is C40H32N4O3S2. The van der Waals surface area contributed by atoms with E-state index >= 15 is 0 Å². The molecule has 0 saturated carbocycles. The van der Waals surface area contributed by atoms with Crippen LogP contribution in [0.5, 0.6) is 0 Å². The third kappa shape index (κ3) is 8.98. The molecule has 0 aliphatic heterocycles. The summed E-state index contributed by atoms with van der Waals surface area (Å²) in [6.45, 7) is 1.98. The molecule has 6 aromatic rings. The van der Waals surface area contributed by atoms with Gasteiger partial charge in [-0.3, -0.25) is 14.4 Å². The molecule has 6 rings (SSSR count). The first-order chi connectivity index (χ1) is 23.9. The summed E-state index contributed by atoms with van der Waals surface area (Å²) in [6, 6.07) is 43.0. The van der Waals surface area contributed by atoms with Crippen LogP contribution in [0, 0.1) is 6.92 Å². The van der Waals surface area contributed by atoms with E-state index in [9.17, 15) is 14.4 Å². The van der Waals surface area contributed by atoms with Crippen molar-refractivity contribution in [2.75, 3.05) is 10.6 Å². The van der Waals surface area contributed by atoms with E-state index in [1.54, 1.807) is 36.4 Å². The number of benzene rings is 5. The fourth-order valence-electron chi connectivity index (χ4n) is 4.90. The van der Waals surface area contributed by atoms with Gasteiger partial charge in [0, 0.05) is 27.1 Å². The Morgan fingerprint density at radius 3 is 2.14 bits per heavy atom. The molecule has 242 valence electrons. The minimum atomic E-state index is -0.599. The van der Waals surface area contributed by atoms with Crippen molar-refractivity contribution in [2.45, 2.75) is 17.1 Å². The minimum Gasteiger partial charge on any atom is -0.321 e. The maximum Gasteiger partial charge on any atom is 0.272 e. The number of thioether (sulfide) groups is 1. The number of anilines is 2. The highest BCUT2D eigenvalue weighted by Crippen LogP contribution is 2.38. The van der Waals surface area contributed by atoms with Crippen molar-refractivity contribution in [1.82, 2.24) is 10.3 Å². The van der Waals surface area contributed by atoms with Gasteiger partial charge in [0.05, 0.1) is 5.69 Å². The zero-order valence-corrected chi connectivity index (χ0v) is 28.1. The molecule has 0 bridgehead atoms. The van der Waals surface area contributed by atoms with Gasteiger partial charge in [-0.25, -0.2) is 4.98 Å². The van der Waals surface area contributed by atoms with Crippen LogP contribution in [-0.4, -0.2) is 22.7 Å². The van der Waals surface area contributed by atoms with Gasteiger partial charge in [-0.05, 0) is 54.5 Å². The Hall–Kier alpha value is -5.77. The summed E-state index contributed by atoms with van der Waals surface area (Å²) < 4.78 is 0. The second-order valence-electron chi connectivity index (χ2n) is 11.1. The first kappa shape index (κ1) is 33.1. The lowest BCUT2D eigenvalue weighted by Crippen LogP contribution is -2.30. The lowest BCUT2D eigenvalue weighted by molar-refractivity contribution is -0.116. The van der Waals surface area contributed by atoms with Crippen LogP contribution < -0.4 is 16.0 Å². The van der Waals surface area contributed by atoms with E-state index in [1.165, 1.54) is 23.1 Å². The van der Waals surface area contributed by atoms with Gasteiger partial charge in [-0.15, -0.1) is 23.1 Å². The molecule has 0 aliphatic carbocycles. The van der Waals surface area contributed by atoms with Crippen LogP contribution in [0.2, 0.25) is 0 Å². The van der Waals surface area contributed by atoms with Crippen LogP contribution in [0.15, 0.2) is 155 Å². The van der Waals surface area contributed by atoms with Crippen molar-refractivity contribution in [1.29, 1.82) is 0 Å². The first-order valence-electron chi connectivity index (χ1n) is 15.5. The molecule has 0 saturated heterocycles. The minimum absolute atomic E-state index is 0.0932. The maximum atomic E-state index is 13.7. The Morgan fingerprint density at radius 2 is 1.43 bits per heavy atom. The van der Waals surface area contributed by atoms with Crippen LogP contribution in [-0.2, 0) is 9.59 Å². The highest BCUT2D eigenvalue weighted by atomic mass is 32.2. The smallest absolute Gasteiger partial charge is 0.272 e. The van der Waals surface area contributed by atoms with Gasteiger partial charge in [-0.1, -0.05) is 115 Å². The molecule has 5 aromatic carbocycles. The highest BCUT2D eigenvalue weighted by Gasteiger charge is 2.24. The van der Waals surface area contributed by atoms with E-state index in [0.717, 1.165) is 32.8 Å². The van der Waals surface area contributed by atoms with Gasteiger partial charge in [-0.2, -0.15) is 0 Å². The summed E-state index contributed by atoms with van der Waals surface area (Å²) in [6.07, 6.45) is 1.64. The van der Waals surface area contributed by atoms with Crippen molar-refractivity contribution in [3.05, 3.63) is 173 Å². The van der Waals surface area contributed by atoms with Crippen LogP contribution in [0.3, 0.4) is 0 Å². The fraction of sp³-hybridized carbons (Fsp3) is 0.0500. The Morgan fingerprint density at radius 1 is 0.755 bits per heavy atom. The molecular weight excluding hydrogens is 649 g/mol. The summed E-state index contributed by atoms with van der Waals surface area (Å²) in [5, 5.41) is 10.5. The average Bonchev–Trinajstić information content (AvgIpc) is 3.61. The van der Waals surface area contributed by atoms with Crippen LogP contribution >= 0.6 is 23.1 Å². The van der Waals surface area contributed by atoms with E-state index in [0.29, 0.717) is 16.4 Å². The number of hydrogen-bond acceptors (Lipinski definition) is 6. The molecule has 0 aliphatic rings. The third-order valence-electron chi connectivity index (χ3n) is 7.41. The van der Waals surface area contributed by atoms with Crippen LogP contribution in [0.1, 0.15) is 32.3 Å². The number of nitrogens with one attached hydrogen (secondary N) is 3. The van der Waals surface area contributed by atoms with Crippen molar-refractivity contribution in [2.24, 2.45) is 0 Å². The molecule has 7 nitrogen and oxygen atoms in total. The zero-order valence-electron chi connectivity index (χ0n) is 26.5. The largest absolute Gasteiger partial charge is 0.321 e. The van der Waals surface area contributed by atoms with Crippen molar-refractivity contribution < 1.29 is 14.4 Å². The molecule has 3 N–H and O–H groups in total. The monoisotopic (exact) mass is 680 g/mol. The van der Waals surface area contributed by atoms with Gasteiger partial charge in [0.25, 0.3) is 11.8 Å². The third-order valence-corrected chi connectivity index (χ3v) is 9.41. The Labute approximate surface area is 293 Å². The van der Waals surface area contributed by atoms with E-state index < -0.39 is 17.1 Å². The number of hydrogen-bond donors (Lipinski definition) is 3. The zero-order chi connectivity index (χ0) is 34.0. The average molecular weight is 681 g/mol. The fourth-order valence-corrected chi connectivity index (χ4v) is 6.70. The van der Waals surface area contributed by atoms with E-state index in [2.05, 4.69) is 20.9 Å². The topological polar surface area (TPSA) is 100 Å². The van der Waals surface area contributed by atoms with E-state index in [1.807, 2.05) is 121 Å². The van der Waals surface area contributed by atoms with Crippen molar-refractivity contribution in [3.8, 4) is 11.3 Å². The van der Waals surface area contributed by atoms with Gasteiger partial charge in [0.15, 0.2) is 5.13 Å². The summed E-state index contributed by atoms with van der Waals surface area (Å²) in [5.41, 5.74) is 5.48. The molecule has 0 spiro atoms. The number of carbonyl (C=O) groups is 3. The van der Waals surface area contributed by atoms with Gasteiger partial charge in [0.2, 0.25) is 5.91 Å². The summed E-state index contributed by atoms with van der Waals surface area (Å²) in [5.74, 6) is -1.10. The predicted molar refractivity (Wildman–Crippen MR) is 199 cm³/mol. The van der Waals surface area contributed by atoms with Crippen LogP contribution in [0.4, 0.5) is 10.8 Å². The number of aromatic nitrogens is 1. The van der Waals surface area contributed by atoms with Gasteiger partial charge < -0.3 is 16.0 Å². The SMILES string of the molecule is Cc1ccc(/C=C(\NC(=O)c2ccccc2)C(=O)Nc2cccc(SC(C(=O)Nc3nc(-c4ccccc4)cs3)c3ccccc3)c2)cc1. The molecule has 1 heterocycles. The summed E-state index contributed by atoms with van der Waals surface area (Å²) >= 11 is 2.74. The number of rotatable bonds is 11. The highest BCUT2D eigenvalue weighted by molar-refractivity contribution is 8.00. The number of carbonyl (C=O) groups excluding carboxylic acids is 3. The van der Waals surface area contributed by atoms with E-state index in [4.69, 9.17) is 0 Å². The standard InChI is InChI=1S/C40H32N4O3S2/c1-27-20-22-28(23-21-27)24-34(42-37(45)31-16-9-4-10-17-31)38(46)41-32-18-11-19-33(25-32)49-36(30-14-7-3-8-15-30)39(47)44-40-43-35(26-48-40)29-12-5-2-6-13-29/h2-26,36H,1H3,(H,41,46)(H,42,45)(H,43,44,47)/b34-24-. The summed E-state index contributed by atoms with van der Waals surface area (Å²) in [4.78, 5) is 45.9. The second kappa shape index (κ2) is 15.9. The van der Waals surface area contributed by atoms with Crippen LogP contribution in [0.25, 0.3) is 17.3 Å². The number of thiazole rings is 1. The molecule has 0 radical (unpaired) electrons. The summed E-state index contributed by atoms with van der Waals surface area (Å²) in [7, 11) is 0. The Bertz CT molecular complexity index is 2080.